The van der Waals surface area contributed by atoms with Gasteiger partial charge in [0.15, 0.2) is 0 Å². The van der Waals surface area contributed by atoms with E-state index in [4.69, 9.17) is 5.11 Å². The average Bonchev–Trinajstić information content (AvgIpc) is 2.16. The van der Waals surface area contributed by atoms with Crippen LogP contribution >= 0.6 is 0 Å². The molecule has 1 atom stereocenters. The minimum Gasteiger partial charge on any atom is -0.480 e. The Hall–Kier alpha value is -1.49. The summed E-state index contributed by atoms with van der Waals surface area (Å²) in [4.78, 5) is 10.4. The van der Waals surface area contributed by atoms with Gasteiger partial charge in [-0.15, -0.1) is 10.0 Å². The summed E-state index contributed by atoms with van der Waals surface area (Å²) in [7, 11) is 0. The van der Waals surface area contributed by atoms with E-state index in [1.165, 1.54) is 29.8 Å². The van der Waals surface area contributed by atoms with Crippen LogP contribution in [0.25, 0.3) is 0 Å². The maximum Gasteiger partial charge on any atom is 0.323 e. The standard InChI is InChI=1S/C9H9F2NO2/c10-7-3-1-6(2-4-7)5-8(12-11)9(13)14/h1-4,8,12H,5H2,(H,13,14). The van der Waals surface area contributed by atoms with E-state index >= 15 is 0 Å². The summed E-state index contributed by atoms with van der Waals surface area (Å²) < 4.78 is 24.4. The number of benzene rings is 1. The van der Waals surface area contributed by atoms with E-state index < -0.39 is 17.8 Å². The lowest BCUT2D eigenvalue weighted by molar-refractivity contribution is -0.140. The van der Waals surface area contributed by atoms with Crippen molar-refractivity contribution in [3.05, 3.63) is 35.6 Å². The van der Waals surface area contributed by atoms with Gasteiger partial charge in [-0.2, -0.15) is 0 Å². The van der Waals surface area contributed by atoms with Gasteiger partial charge in [0, 0.05) is 6.42 Å². The number of carboxylic acid groups (broad SMARTS) is 1. The van der Waals surface area contributed by atoms with Crippen LogP contribution in [0, 0.1) is 5.82 Å². The molecule has 1 aromatic carbocycles. The van der Waals surface area contributed by atoms with E-state index in [2.05, 4.69) is 0 Å². The van der Waals surface area contributed by atoms with Crippen molar-refractivity contribution < 1.29 is 18.8 Å². The molecule has 0 aromatic heterocycles. The number of halogens is 2. The normalized spacial score (nSPS) is 12.4. The van der Waals surface area contributed by atoms with Crippen LogP contribution in [0.5, 0.6) is 0 Å². The first-order valence-corrected chi connectivity index (χ1v) is 3.97. The van der Waals surface area contributed by atoms with Crippen molar-refractivity contribution in [2.45, 2.75) is 12.5 Å². The van der Waals surface area contributed by atoms with Crippen molar-refractivity contribution in [3.63, 3.8) is 0 Å². The van der Waals surface area contributed by atoms with Gasteiger partial charge in [-0.1, -0.05) is 12.1 Å². The second-order valence-corrected chi connectivity index (χ2v) is 2.83. The zero-order chi connectivity index (χ0) is 10.6. The average molecular weight is 201 g/mol. The summed E-state index contributed by atoms with van der Waals surface area (Å²) in [5, 5.41) is 8.51. The summed E-state index contributed by atoms with van der Waals surface area (Å²) in [5.74, 6) is -1.69. The second kappa shape index (κ2) is 4.66. The molecule has 76 valence electrons. The minimum atomic E-state index is -1.29. The molecule has 1 rings (SSSR count). The Labute approximate surface area is 79.3 Å². The monoisotopic (exact) mass is 201 g/mol. The van der Waals surface area contributed by atoms with E-state index in [0.29, 0.717) is 5.56 Å². The van der Waals surface area contributed by atoms with Crippen molar-refractivity contribution in [3.8, 4) is 0 Å². The molecule has 0 aliphatic rings. The third-order valence-electron chi connectivity index (χ3n) is 1.78. The molecule has 5 heteroatoms. The second-order valence-electron chi connectivity index (χ2n) is 2.83. The molecule has 0 amide bonds. The number of hydrogen-bond acceptors (Lipinski definition) is 2. The number of carboxylic acids is 1. The van der Waals surface area contributed by atoms with E-state index in [-0.39, 0.29) is 6.42 Å². The number of aliphatic carboxylic acids is 1. The largest absolute Gasteiger partial charge is 0.480 e. The van der Waals surface area contributed by atoms with Crippen molar-refractivity contribution in [2.75, 3.05) is 0 Å². The molecule has 3 nitrogen and oxygen atoms in total. The van der Waals surface area contributed by atoms with Crippen LogP contribution in [0.4, 0.5) is 8.87 Å². The van der Waals surface area contributed by atoms with Gasteiger partial charge in [-0.05, 0) is 17.7 Å². The van der Waals surface area contributed by atoms with E-state index in [9.17, 15) is 13.7 Å². The highest BCUT2D eigenvalue weighted by atomic mass is 19.2. The maximum atomic E-state index is 12.5. The Morgan fingerprint density at radius 3 is 2.43 bits per heavy atom. The van der Waals surface area contributed by atoms with Crippen LogP contribution in [0.15, 0.2) is 24.3 Å². The molecule has 1 aromatic rings. The summed E-state index contributed by atoms with van der Waals surface area (Å²) in [6, 6.07) is 3.95. The molecule has 1 unspecified atom stereocenters. The Kier molecular flexibility index (Phi) is 3.53. The lowest BCUT2D eigenvalue weighted by atomic mass is 10.1. The molecule has 0 saturated heterocycles. The highest BCUT2D eigenvalue weighted by Gasteiger charge is 2.17. The smallest absolute Gasteiger partial charge is 0.323 e. The first-order valence-electron chi connectivity index (χ1n) is 3.97. The molecular weight excluding hydrogens is 192 g/mol. The molecule has 0 heterocycles. The molecule has 0 bridgehead atoms. The highest BCUT2D eigenvalue weighted by molar-refractivity contribution is 5.73. The molecule has 0 aliphatic carbocycles. The van der Waals surface area contributed by atoms with Gasteiger partial charge in [0.25, 0.3) is 0 Å². The quantitative estimate of drug-likeness (QED) is 0.722. The van der Waals surface area contributed by atoms with Crippen molar-refractivity contribution in [1.82, 2.24) is 5.54 Å². The number of carbonyl (C=O) groups is 1. The zero-order valence-electron chi connectivity index (χ0n) is 7.21. The predicted octanol–water partition coefficient (Wildman–Crippen LogP) is 1.30. The SMILES string of the molecule is O=C(O)C(Cc1ccc(F)cc1)NF. The summed E-state index contributed by atoms with van der Waals surface area (Å²) in [6.07, 6.45) is -0.0217. The fourth-order valence-corrected chi connectivity index (χ4v) is 1.03. The lowest BCUT2D eigenvalue weighted by Gasteiger charge is -2.07. The molecule has 14 heavy (non-hydrogen) atoms. The van der Waals surface area contributed by atoms with Crippen molar-refractivity contribution in [1.29, 1.82) is 0 Å². The van der Waals surface area contributed by atoms with Gasteiger partial charge in [-0.3, -0.25) is 4.79 Å². The number of nitrogens with one attached hydrogen (secondary N) is 1. The minimum absolute atomic E-state index is 0.0217. The first-order chi connectivity index (χ1) is 6.63. The van der Waals surface area contributed by atoms with Gasteiger partial charge in [-0.25, -0.2) is 4.39 Å². The van der Waals surface area contributed by atoms with Crippen LogP contribution in [0.3, 0.4) is 0 Å². The highest BCUT2D eigenvalue weighted by Crippen LogP contribution is 2.06. The van der Waals surface area contributed by atoms with Crippen LogP contribution in [-0.2, 0) is 11.2 Å². The van der Waals surface area contributed by atoms with E-state index in [0.717, 1.165) is 0 Å². The lowest BCUT2D eigenvalue weighted by Crippen LogP contribution is -2.33. The number of rotatable bonds is 4. The topological polar surface area (TPSA) is 49.3 Å². The van der Waals surface area contributed by atoms with Crippen LogP contribution < -0.4 is 5.54 Å². The molecule has 0 radical (unpaired) electrons. The van der Waals surface area contributed by atoms with Gasteiger partial charge < -0.3 is 5.11 Å². The summed E-state index contributed by atoms with van der Waals surface area (Å²) in [5.41, 5.74) is 1.73. The molecule has 2 N–H and O–H groups in total. The van der Waals surface area contributed by atoms with Crippen molar-refractivity contribution >= 4 is 5.97 Å². The number of hydrogen-bond donors (Lipinski definition) is 2. The Morgan fingerprint density at radius 1 is 1.43 bits per heavy atom. The fourth-order valence-electron chi connectivity index (χ4n) is 1.03. The van der Waals surface area contributed by atoms with Gasteiger partial charge in [0.2, 0.25) is 0 Å². The van der Waals surface area contributed by atoms with Gasteiger partial charge in [0.1, 0.15) is 11.9 Å². The Morgan fingerprint density at radius 2 is 2.00 bits per heavy atom. The maximum absolute atomic E-state index is 12.5. The molecule has 0 spiro atoms. The van der Waals surface area contributed by atoms with Crippen molar-refractivity contribution in [2.24, 2.45) is 0 Å². The fraction of sp³-hybridized carbons (Fsp3) is 0.222. The van der Waals surface area contributed by atoms with Crippen LogP contribution in [0.1, 0.15) is 5.56 Å². The van der Waals surface area contributed by atoms with Gasteiger partial charge in [0.05, 0.1) is 0 Å². The first kappa shape index (κ1) is 10.6. The van der Waals surface area contributed by atoms with Crippen LogP contribution in [-0.4, -0.2) is 17.1 Å². The molecule has 0 aliphatic heterocycles. The van der Waals surface area contributed by atoms with E-state index in [1.54, 1.807) is 0 Å². The zero-order valence-corrected chi connectivity index (χ0v) is 7.21. The molecular formula is C9H9F2NO2. The third kappa shape index (κ3) is 2.77. The summed E-state index contributed by atoms with van der Waals surface area (Å²) in [6.45, 7) is 0. The molecule has 0 fully saturated rings. The van der Waals surface area contributed by atoms with E-state index in [1.807, 2.05) is 0 Å². The summed E-state index contributed by atoms with van der Waals surface area (Å²) >= 11 is 0. The Bertz CT molecular complexity index is 313. The van der Waals surface area contributed by atoms with Crippen LogP contribution in [0.2, 0.25) is 0 Å². The molecule has 0 saturated carbocycles. The predicted molar refractivity (Wildman–Crippen MR) is 45.8 cm³/mol. The Balaban J connectivity index is 2.67. The van der Waals surface area contributed by atoms with Gasteiger partial charge >= 0.3 is 5.97 Å². The third-order valence-corrected chi connectivity index (χ3v) is 1.78.